The molecule has 0 amide bonds. The number of fused-ring (bicyclic) bond motifs is 1. The van der Waals surface area contributed by atoms with Gasteiger partial charge in [-0.15, -0.1) is 16.4 Å². The first kappa shape index (κ1) is 10.2. The fourth-order valence-electron chi connectivity index (χ4n) is 1.78. The second kappa shape index (κ2) is 3.49. The predicted molar refractivity (Wildman–Crippen MR) is 62.8 cm³/mol. The monoisotopic (exact) mass is 247 g/mol. The molecule has 0 saturated heterocycles. The maximum atomic E-state index is 11.2. The third-order valence-electron chi connectivity index (χ3n) is 2.47. The van der Waals surface area contributed by atoms with Gasteiger partial charge in [0.2, 0.25) is 0 Å². The van der Waals surface area contributed by atoms with Crippen molar-refractivity contribution in [2.45, 2.75) is 13.8 Å². The molecule has 0 unspecified atom stereocenters. The van der Waals surface area contributed by atoms with E-state index in [0.717, 1.165) is 17.1 Å². The van der Waals surface area contributed by atoms with Gasteiger partial charge in [-0.2, -0.15) is 9.67 Å². The van der Waals surface area contributed by atoms with Crippen LogP contribution in [0.2, 0.25) is 0 Å². The highest BCUT2D eigenvalue weighted by Crippen LogP contribution is 2.19. The summed E-state index contributed by atoms with van der Waals surface area (Å²) in [5.41, 5.74) is 0.495. The van der Waals surface area contributed by atoms with Crippen LogP contribution in [0.5, 0.6) is 0 Å². The number of aromatic nitrogens is 5. The van der Waals surface area contributed by atoms with E-state index in [1.165, 1.54) is 11.3 Å². The Morgan fingerprint density at radius 3 is 2.82 bits per heavy atom. The fourth-order valence-corrected chi connectivity index (χ4v) is 2.50. The number of aldehydes is 1. The lowest BCUT2D eigenvalue weighted by Crippen LogP contribution is -2.04. The Hall–Kier alpha value is -2.02. The number of hydrogen-bond acceptors (Lipinski definition) is 5. The third kappa shape index (κ3) is 1.39. The Morgan fingerprint density at radius 2 is 2.18 bits per heavy atom. The molecule has 0 radical (unpaired) electrons. The largest absolute Gasteiger partial charge is 0.296 e. The number of aryl methyl sites for hydroxylation is 2. The Balaban J connectivity index is 2.33. The molecule has 3 aromatic heterocycles. The molecule has 3 rings (SSSR count). The first-order chi connectivity index (χ1) is 8.20. The zero-order chi connectivity index (χ0) is 12.0. The fraction of sp³-hybridized carbons (Fsp3) is 0.200. The standard InChI is InChI=1S/C10H9N5OS/c1-6-11-7(2)15(13-6)9-8(5-16)14-3-4-17-10(14)12-9/h3-5H,1-2H3. The van der Waals surface area contributed by atoms with Crippen LogP contribution in [-0.2, 0) is 0 Å². The number of nitrogens with zero attached hydrogens (tertiary/aromatic N) is 5. The molecule has 0 aliphatic carbocycles. The number of imidazole rings is 1. The molecule has 0 fully saturated rings. The van der Waals surface area contributed by atoms with E-state index in [1.54, 1.807) is 9.08 Å². The third-order valence-corrected chi connectivity index (χ3v) is 3.22. The molecule has 0 aromatic carbocycles. The van der Waals surface area contributed by atoms with Crippen molar-refractivity contribution in [3.63, 3.8) is 0 Å². The van der Waals surface area contributed by atoms with Crippen LogP contribution < -0.4 is 0 Å². The van der Waals surface area contributed by atoms with Gasteiger partial charge >= 0.3 is 0 Å². The smallest absolute Gasteiger partial charge is 0.196 e. The Labute approximate surface area is 101 Å². The first-order valence-electron chi connectivity index (χ1n) is 5.02. The molecule has 0 saturated carbocycles. The van der Waals surface area contributed by atoms with Crippen molar-refractivity contribution >= 4 is 22.6 Å². The maximum Gasteiger partial charge on any atom is 0.196 e. The summed E-state index contributed by atoms with van der Waals surface area (Å²) in [6.45, 7) is 3.64. The van der Waals surface area contributed by atoms with Crippen LogP contribution in [0.1, 0.15) is 22.1 Å². The van der Waals surface area contributed by atoms with E-state index in [2.05, 4.69) is 15.1 Å². The summed E-state index contributed by atoms with van der Waals surface area (Å²) in [7, 11) is 0. The Kier molecular flexibility index (Phi) is 2.08. The minimum atomic E-state index is 0.495. The van der Waals surface area contributed by atoms with Crippen molar-refractivity contribution in [2.24, 2.45) is 0 Å². The molecule has 7 heteroatoms. The second-order valence-corrected chi connectivity index (χ2v) is 4.49. The van der Waals surface area contributed by atoms with Crippen molar-refractivity contribution in [3.05, 3.63) is 28.9 Å². The minimum Gasteiger partial charge on any atom is -0.296 e. The number of carbonyl (C=O) groups is 1. The van der Waals surface area contributed by atoms with Gasteiger partial charge in [0.05, 0.1) is 0 Å². The van der Waals surface area contributed by atoms with E-state index in [9.17, 15) is 4.79 Å². The summed E-state index contributed by atoms with van der Waals surface area (Å²) < 4.78 is 3.35. The van der Waals surface area contributed by atoms with Crippen molar-refractivity contribution in [3.8, 4) is 5.82 Å². The van der Waals surface area contributed by atoms with E-state index < -0.39 is 0 Å². The molecule has 0 N–H and O–H groups in total. The normalized spacial score (nSPS) is 11.2. The predicted octanol–water partition coefficient (Wildman–Crippen LogP) is 1.41. The highest BCUT2D eigenvalue weighted by Gasteiger charge is 2.17. The van der Waals surface area contributed by atoms with Crippen molar-refractivity contribution in [1.82, 2.24) is 24.1 Å². The van der Waals surface area contributed by atoms with Gasteiger partial charge < -0.3 is 0 Å². The quantitative estimate of drug-likeness (QED) is 0.642. The Bertz CT molecular complexity index is 707. The van der Waals surface area contributed by atoms with E-state index in [4.69, 9.17) is 0 Å². The molecule has 3 aromatic rings. The molecule has 0 aliphatic heterocycles. The zero-order valence-electron chi connectivity index (χ0n) is 9.28. The van der Waals surface area contributed by atoms with Crippen molar-refractivity contribution < 1.29 is 4.79 Å². The molecule has 0 atom stereocenters. The zero-order valence-corrected chi connectivity index (χ0v) is 10.1. The number of carbonyl (C=O) groups excluding carboxylic acids is 1. The van der Waals surface area contributed by atoms with Gasteiger partial charge in [0.15, 0.2) is 17.1 Å². The highest BCUT2D eigenvalue weighted by atomic mass is 32.1. The molecule has 0 bridgehead atoms. The average molecular weight is 247 g/mol. The summed E-state index contributed by atoms with van der Waals surface area (Å²) in [6, 6.07) is 0. The van der Waals surface area contributed by atoms with Gasteiger partial charge in [-0.3, -0.25) is 9.20 Å². The van der Waals surface area contributed by atoms with E-state index >= 15 is 0 Å². The highest BCUT2D eigenvalue weighted by molar-refractivity contribution is 7.15. The molecule has 0 spiro atoms. The first-order valence-corrected chi connectivity index (χ1v) is 5.90. The average Bonchev–Trinajstić information content (AvgIpc) is 2.91. The Morgan fingerprint density at radius 1 is 1.35 bits per heavy atom. The summed E-state index contributed by atoms with van der Waals surface area (Å²) in [6.07, 6.45) is 2.61. The topological polar surface area (TPSA) is 65.1 Å². The molecule has 17 heavy (non-hydrogen) atoms. The van der Waals surface area contributed by atoms with Crippen molar-refractivity contribution in [2.75, 3.05) is 0 Å². The summed E-state index contributed by atoms with van der Waals surface area (Å²) in [4.78, 5) is 20.6. The van der Waals surface area contributed by atoms with E-state index in [0.29, 0.717) is 17.3 Å². The summed E-state index contributed by atoms with van der Waals surface area (Å²) in [5, 5.41) is 6.13. The minimum absolute atomic E-state index is 0.495. The lowest BCUT2D eigenvalue weighted by Gasteiger charge is -1.98. The molecule has 6 nitrogen and oxygen atoms in total. The number of rotatable bonds is 2. The molecular formula is C10H9N5OS. The lowest BCUT2D eigenvalue weighted by atomic mass is 10.4. The van der Waals surface area contributed by atoms with Gasteiger partial charge in [-0.1, -0.05) is 0 Å². The van der Waals surface area contributed by atoms with Gasteiger partial charge in [0.1, 0.15) is 17.3 Å². The van der Waals surface area contributed by atoms with Crippen LogP contribution in [0.15, 0.2) is 11.6 Å². The number of thiazole rings is 1. The van der Waals surface area contributed by atoms with Crippen LogP contribution in [0, 0.1) is 13.8 Å². The van der Waals surface area contributed by atoms with Crippen molar-refractivity contribution in [1.29, 1.82) is 0 Å². The summed E-state index contributed by atoms with van der Waals surface area (Å²) in [5.74, 6) is 1.91. The van der Waals surface area contributed by atoms with Gasteiger partial charge in [0, 0.05) is 11.6 Å². The second-order valence-electron chi connectivity index (χ2n) is 3.61. The van der Waals surface area contributed by atoms with Crippen LogP contribution in [0.4, 0.5) is 0 Å². The molecule has 3 heterocycles. The van der Waals surface area contributed by atoms with E-state index in [-0.39, 0.29) is 0 Å². The van der Waals surface area contributed by atoms with Crippen LogP contribution in [0.25, 0.3) is 10.8 Å². The summed E-state index contributed by atoms with van der Waals surface area (Å²) >= 11 is 1.48. The lowest BCUT2D eigenvalue weighted by molar-refractivity contribution is 0.111. The molecular weight excluding hydrogens is 238 g/mol. The molecule has 0 aliphatic rings. The van der Waals surface area contributed by atoms with Gasteiger partial charge in [-0.05, 0) is 13.8 Å². The number of hydrogen-bond donors (Lipinski definition) is 0. The van der Waals surface area contributed by atoms with Crippen LogP contribution >= 0.6 is 11.3 Å². The van der Waals surface area contributed by atoms with Crippen LogP contribution in [0.3, 0.4) is 0 Å². The van der Waals surface area contributed by atoms with Gasteiger partial charge in [-0.25, -0.2) is 4.98 Å². The maximum absolute atomic E-state index is 11.2. The van der Waals surface area contributed by atoms with Gasteiger partial charge in [0.25, 0.3) is 0 Å². The SMILES string of the molecule is Cc1nc(C)n(-c2nc3sccn3c2C=O)n1. The van der Waals surface area contributed by atoms with Crippen LogP contribution in [-0.4, -0.2) is 30.4 Å². The van der Waals surface area contributed by atoms with E-state index in [1.807, 2.05) is 25.4 Å². The molecule has 86 valence electrons.